The standard InChI is InChI=1S/C23H21N3O2S/c1-15-7-5-8-16(2)23(15)25-21(27)14-26-19-10-4-3-9-17(19)24-18(13-22(26)28)20-11-6-12-29-20/h3-12H,13-14H2,1-2H3,(H,25,27). The number of hydrogen-bond acceptors (Lipinski definition) is 4. The molecule has 0 aliphatic carbocycles. The minimum Gasteiger partial charge on any atom is -0.324 e. The first-order valence-electron chi connectivity index (χ1n) is 9.40. The molecular formula is C23H21N3O2S. The fourth-order valence-electron chi connectivity index (χ4n) is 3.44. The van der Waals surface area contributed by atoms with E-state index in [4.69, 9.17) is 4.99 Å². The molecule has 0 spiro atoms. The van der Waals surface area contributed by atoms with Crippen molar-refractivity contribution in [2.45, 2.75) is 20.3 Å². The van der Waals surface area contributed by atoms with E-state index in [1.807, 2.05) is 73.8 Å². The van der Waals surface area contributed by atoms with E-state index in [0.29, 0.717) is 11.4 Å². The van der Waals surface area contributed by atoms with E-state index in [-0.39, 0.29) is 24.8 Å². The van der Waals surface area contributed by atoms with Gasteiger partial charge in [-0.15, -0.1) is 11.3 Å². The lowest BCUT2D eigenvalue weighted by Crippen LogP contribution is -2.38. The third kappa shape index (κ3) is 3.98. The molecule has 0 unspecified atom stereocenters. The second kappa shape index (κ2) is 8.01. The predicted molar refractivity (Wildman–Crippen MR) is 118 cm³/mol. The molecule has 0 fully saturated rings. The molecule has 4 rings (SSSR count). The minimum atomic E-state index is -0.231. The Morgan fingerprint density at radius 2 is 1.83 bits per heavy atom. The summed E-state index contributed by atoms with van der Waals surface area (Å²) in [5, 5.41) is 4.94. The topological polar surface area (TPSA) is 61.8 Å². The quantitative estimate of drug-likeness (QED) is 0.676. The van der Waals surface area contributed by atoms with Gasteiger partial charge in [-0.25, -0.2) is 4.99 Å². The molecule has 5 nitrogen and oxygen atoms in total. The lowest BCUT2D eigenvalue weighted by Gasteiger charge is -2.22. The van der Waals surface area contributed by atoms with Gasteiger partial charge in [0.25, 0.3) is 0 Å². The van der Waals surface area contributed by atoms with E-state index in [1.54, 1.807) is 11.3 Å². The van der Waals surface area contributed by atoms with Gasteiger partial charge in [0.15, 0.2) is 0 Å². The van der Waals surface area contributed by atoms with Gasteiger partial charge in [-0.05, 0) is 48.6 Å². The average molecular weight is 404 g/mol. The van der Waals surface area contributed by atoms with Crippen molar-refractivity contribution in [1.29, 1.82) is 0 Å². The summed E-state index contributed by atoms with van der Waals surface area (Å²) < 4.78 is 0. The highest BCUT2D eigenvalue weighted by Gasteiger charge is 2.27. The molecule has 0 atom stereocenters. The van der Waals surface area contributed by atoms with Crippen LogP contribution in [0.25, 0.3) is 0 Å². The fraction of sp³-hybridized carbons (Fsp3) is 0.174. The van der Waals surface area contributed by atoms with Gasteiger partial charge >= 0.3 is 0 Å². The summed E-state index contributed by atoms with van der Waals surface area (Å²) in [6.07, 6.45) is 0.159. The molecule has 1 N–H and O–H groups in total. The molecule has 0 bridgehead atoms. The summed E-state index contributed by atoms with van der Waals surface area (Å²) in [7, 11) is 0. The number of rotatable bonds is 4. The molecule has 2 amide bonds. The van der Waals surface area contributed by atoms with E-state index in [9.17, 15) is 9.59 Å². The molecule has 1 aliphatic heterocycles. The van der Waals surface area contributed by atoms with Crippen LogP contribution in [0.3, 0.4) is 0 Å². The van der Waals surface area contributed by atoms with Gasteiger partial charge in [-0.2, -0.15) is 0 Å². The predicted octanol–water partition coefficient (Wildman–Crippen LogP) is 4.86. The van der Waals surface area contributed by atoms with Crippen LogP contribution in [0, 0.1) is 13.8 Å². The Balaban J connectivity index is 1.62. The summed E-state index contributed by atoms with van der Waals surface area (Å²) in [5.41, 5.74) is 4.86. The van der Waals surface area contributed by atoms with Crippen LogP contribution in [-0.2, 0) is 9.59 Å². The number of carbonyl (C=O) groups excluding carboxylic acids is 2. The molecule has 0 saturated carbocycles. The van der Waals surface area contributed by atoms with Crippen molar-refractivity contribution in [2.75, 3.05) is 16.8 Å². The zero-order valence-electron chi connectivity index (χ0n) is 16.3. The molecule has 0 saturated heterocycles. The molecule has 0 radical (unpaired) electrons. The molecule has 1 aromatic heterocycles. The van der Waals surface area contributed by atoms with Crippen molar-refractivity contribution in [3.05, 3.63) is 76.0 Å². The van der Waals surface area contributed by atoms with Crippen molar-refractivity contribution in [1.82, 2.24) is 0 Å². The molecule has 6 heteroatoms. The number of anilines is 2. The monoisotopic (exact) mass is 403 g/mol. The highest BCUT2D eigenvalue weighted by molar-refractivity contribution is 7.12. The molecule has 1 aliphatic rings. The number of hydrogen-bond donors (Lipinski definition) is 1. The first-order valence-corrected chi connectivity index (χ1v) is 10.3. The van der Waals surface area contributed by atoms with Crippen LogP contribution in [0.4, 0.5) is 17.1 Å². The van der Waals surface area contributed by atoms with Gasteiger partial charge in [0.05, 0.1) is 23.5 Å². The van der Waals surface area contributed by atoms with Crippen molar-refractivity contribution in [3.63, 3.8) is 0 Å². The maximum Gasteiger partial charge on any atom is 0.244 e. The smallest absolute Gasteiger partial charge is 0.244 e. The van der Waals surface area contributed by atoms with Crippen LogP contribution >= 0.6 is 11.3 Å². The van der Waals surface area contributed by atoms with E-state index < -0.39 is 0 Å². The number of thiophene rings is 1. The second-order valence-electron chi connectivity index (χ2n) is 7.00. The number of aliphatic imine (C=N–C) groups is 1. The van der Waals surface area contributed by atoms with Crippen LogP contribution in [0.5, 0.6) is 0 Å². The van der Waals surface area contributed by atoms with Crippen molar-refractivity contribution in [3.8, 4) is 0 Å². The van der Waals surface area contributed by atoms with Crippen LogP contribution < -0.4 is 10.2 Å². The maximum absolute atomic E-state index is 13.1. The Hall–Kier alpha value is -3.25. The SMILES string of the molecule is Cc1cccc(C)c1NC(=O)CN1C(=O)CC(c2cccs2)=Nc2ccccc21. The Kier molecular flexibility index (Phi) is 5.27. The first kappa shape index (κ1) is 19.1. The van der Waals surface area contributed by atoms with Crippen LogP contribution in [0.1, 0.15) is 22.4 Å². The Bertz CT molecular complexity index is 1080. The molecule has 146 valence electrons. The van der Waals surface area contributed by atoms with Crippen LogP contribution in [-0.4, -0.2) is 24.1 Å². The molecule has 29 heavy (non-hydrogen) atoms. The number of aryl methyl sites for hydroxylation is 2. The zero-order valence-corrected chi connectivity index (χ0v) is 17.1. The maximum atomic E-state index is 13.1. The molecule has 2 aromatic carbocycles. The van der Waals surface area contributed by atoms with Crippen LogP contribution in [0.2, 0.25) is 0 Å². The van der Waals surface area contributed by atoms with Gasteiger partial charge in [0.1, 0.15) is 6.54 Å². The average Bonchev–Trinajstić information content (AvgIpc) is 3.20. The van der Waals surface area contributed by atoms with E-state index in [0.717, 1.165) is 27.4 Å². The van der Waals surface area contributed by atoms with Crippen molar-refractivity contribution < 1.29 is 9.59 Å². The lowest BCUT2D eigenvalue weighted by atomic mass is 10.1. The number of amides is 2. The van der Waals surface area contributed by atoms with E-state index in [1.165, 1.54) is 4.90 Å². The highest BCUT2D eigenvalue weighted by atomic mass is 32.1. The Morgan fingerprint density at radius 3 is 2.55 bits per heavy atom. The highest BCUT2D eigenvalue weighted by Crippen LogP contribution is 2.33. The summed E-state index contributed by atoms with van der Waals surface area (Å²) in [4.78, 5) is 33.1. The van der Waals surface area contributed by atoms with Gasteiger partial charge in [-0.3, -0.25) is 9.59 Å². The Morgan fingerprint density at radius 1 is 1.07 bits per heavy atom. The number of carbonyl (C=O) groups is 2. The summed E-state index contributed by atoms with van der Waals surface area (Å²) >= 11 is 1.55. The van der Waals surface area contributed by atoms with E-state index >= 15 is 0 Å². The molecule has 3 aromatic rings. The summed E-state index contributed by atoms with van der Waals surface area (Å²) in [6, 6.07) is 17.2. The van der Waals surface area contributed by atoms with Gasteiger partial charge < -0.3 is 10.2 Å². The third-order valence-corrected chi connectivity index (χ3v) is 5.82. The van der Waals surface area contributed by atoms with Gasteiger partial charge in [0, 0.05) is 10.6 Å². The lowest BCUT2D eigenvalue weighted by molar-refractivity contribution is -0.120. The second-order valence-corrected chi connectivity index (χ2v) is 7.94. The largest absolute Gasteiger partial charge is 0.324 e. The number of benzene rings is 2. The number of para-hydroxylation sites is 3. The number of nitrogens with zero attached hydrogens (tertiary/aromatic N) is 2. The van der Waals surface area contributed by atoms with Gasteiger partial charge in [0.2, 0.25) is 11.8 Å². The first-order chi connectivity index (χ1) is 14.0. The van der Waals surface area contributed by atoms with Crippen LogP contribution in [0.15, 0.2) is 65.0 Å². The van der Waals surface area contributed by atoms with Crippen molar-refractivity contribution in [2.24, 2.45) is 4.99 Å². The minimum absolute atomic E-state index is 0.0587. The molecular weight excluding hydrogens is 382 g/mol. The zero-order chi connectivity index (χ0) is 20.4. The number of fused-ring (bicyclic) bond motifs is 1. The number of nitrogens with one attached hydrogen (secondary N) is 1. The van der Waals surface area contributed by atoms with Crippen molar-refractivity contribution >= 4 is 45.9 Å². The molecule has 2 heterocycles. The van der Waals surface area contributed by atoms with Gasteiger partial charge in [-0.1, -0.05) is 36.4 Å². The Labute approximate surface area is 173 Å². The third-order valence-electron chi connectivity index (χ3n) is 4.90. The fourth-order valence-corrected chi connectivity index (χ4v) is 4.15. The normalized spacial score (nSPS) is 13.5. The summed E-state index contributed by atoms with van der Waals surface area (Å²) in [6.45, 7) is 3.85. The summed E-state index contributed by atoms with van der Waals surface area (Å²) in [5.74, 6) is -0.371. The van der Waals surface area contributed by atoms with E-state index in [2.05, 4.69) is 5.32 Å².